The van der Waals surface area contributed by atoms with Crippen LogP contribution in [-0.4, -0.2) is 67.0 Å². The van der Waals surface area contributed by atoms with Gasteiger partial charge in [0.2, 0.25) is 0 Å². The van der Waals surface area contributed by atoms with Gasteiger partial charge in [0.1, 0.15) is 35.5 Å². The van der Waals surface area contributed by atoms with E-state index in [9.17, 15) is 4.79 Å². The molecule has 200 valence electrons. The highest BCUT2D eigenvalue weighted by Gasteiger charge is 2.56. The fourth-order valence-electron chi connectivity index (χ4n) is 5.16. The van der Waals surface area contributed by atoms with Crippen LogP contribution in [0.2, 0.25) is 0 Å². The molecule has 11 heteroatoms. The van der Waals surface area contributed by atoms with Crippen LogP contribution in [0.5, 0.6) is 11.5 Å². The molecule has 1 amide bonds. The van der Waals surface area contributed by atoms with E-state index in [1.54, 1.807) is 4.52 Å². The Balaban J connectivity index is 1.14. The van der Waals surface area contributed by atoms with Gasteiger partial charge in [-0.25, -0.2) is 24.5 Å². The third-order valence-electron chi connectivity index (χ3n) is 7.26. The molecule has 7 rings (SSSR count). The van der Waals surface area contributed by atoms with Crippen LogP contribution in [0, 0.1) is 12.8 Å². The fourth-order valence-corrected chi connectivity index (χ4v) is 5.16. The number of anilines is 3. The molecule has 1 saturated carbocycles. The average Bonchev–Trinajstić information content (AvgIpc) is 3.45. The molecule has 2 fully saturated rings. The lowest BCUT2D eigenvalue weighted by Gasteiger charge is -2.18. The Kier molecular flexibility index (Phi) is 5.67. The van der Waals surface area contributed by atoms with Crippen LogP contribution in [-0.2, 0) is 4.79 Å². The Morgan fingerprint density at radius 2 is 2.00 bits per heavy atom. The zero-order valence-electron chi connectivity index (χ0n) is 22.3. The predicted molar refractivity (Wildman–Crippen MR) is 151 cm³/mol. The van der Waals surface area contributed by atoms with E-state index >= 15 is 0 Å². The summed E-state index contributed by atoms with van der Waals surface area (Å²) >= 11 is 0. The maximum atomic E-state index is 13.3. The molecular formula is C29H27N9O2. The molecule has 2 unspecified atom stereocenters. The molecule has 5 heterocycles. The van der Waals surface area contributed by atoms with Crippen molar-refractivity contribution in [3.05, 3.63) is 78.5 Å². The van der Waals surface area contributed by atoms with Gasteiger partial charge in [0.25, 0.3) is 5.91 Å². The van der Waals surface area contributed by atoms with Crippen molar-refractivity contribution in [2.75, 3.05) is 30.9 Å². The number of aromatic nitrogens is 6. The van der Waals surface area contributed by atoms with E-state index in [1.165, 1.54) is 12.7 Å². The van der Waals surface area contributed by atoms with Gasteiger partial charge in [-0.1, -0.05) is 6.08 Å². The lowest BCUT2D eigenvalue weighted by Crippen LogP contribution is -2.30. The first-order valence-corrected chi connectivity index (χ1v) is 13.1. The molecule has 1 aliphatic carbocycles. The SMILES string of the molecule is Cc1cc(Nc2ncnc3ccc(N4C(=O)C(=CCN(C)C)C5CC54)nc23)ccc1Oc1ccn2ncnc2c1. The molecule has 2 atom stereocenters. The number of benzene rings is 1. The zero-order chi connectivity index (χ0) is 27.4. The maximum absolute atomic E-state index is 13.3. The monoisotopic (exact) mass is 533 g/mol. The third kappa shape index (κ3) is 4.30. The van der Waals surface area contributed by atoms with Crippen molar-refractivity contribution < 1.29 is 9.53 Å². The Labute approximate surface area is 230 Å². The number of hydrogen-bond donors (Lipinski definition) is 1. The van der Waals surface area contributed by atoms with Crippen molar-refractivity contribution in [2.45, 2.75) is 19.4 Å². The number of nitrogens with zero attached hydrogens (tertiary/aromatic N) is 8. The topological polar surface area (TPSA) is 114 Å². The molecule has 1 saturated heterocycles. The number of nitrogens with one attached hydrogen (secondary N) is 1. The second-order valence-corrected chi connectivity index (χ2v) is 10.4. The summed E-state index contributed by atoms with van der Waals surface area (Å²) in [4.78, 5) is 35.1. The number of aryl methyl sites for hydroxylation is 1. The summed E-state index contributed by atoms with van der Waals surface area (Å²) < 4.78 is 7.79. The largest absolute Gasteiger partial charge is 0.457 e. The Hall–Kier alpha value is -4.90. The van der Waals surface area contributed by atoms with E-state index < -0.39 is 0 Å². The van der Waals surface area contributed by atoms with E-state index in [2.05, 4.69) is 30.3 Å². The highest BCUT2D eigenvalue weighted by Crippen LogP contribution is 2.50. The van der Waals surface area contributed by atoms with E-state index in [0.29, 0.717) is 34.1 Å². The molecule has 1 aliphatic heterocycles. The van der Waals surface area contributed by atoms with Gasteiger partial charge in [0.15, 0.2) is 11.5 Å². The van der Waals surface area contributed by atoms with Gasteiger partial charge in [-0.05, 0) is 69.4 Å². The number of piperidine rings is 1. The Morgan fingerprint density at radius 1 is 1.10 bits per heavy atom. The Morgan fingerprint density at radius 3 is 2.85 bits per heavy atom. The highest BCUT2D eigenvalue weighted by molar-refractivity contribution is 6.11. The maximum Gasteiger partial charge on any atom is 0.255 e. The summed E-state index contributed by atoms with van der Waals surface area (Å²) in [6.45, 7) is 2.72. The molecule has 40 heavy (non-hydrogen) atoms. The number of amides is 1. The number of fused-ring (bicyclic) bond motifs is 3. The van der Waals surface area contributed by atoms with Crippen LogP contribution in [0.4, 0.5) is 17.3 Å². The summed E-state index contributed by atoms with van der Waals surface area (Å²) in [7, 11) is 4.00. The second kappa shape index (κ2) is 9.38. The number of carbonyl (C=O) groups excluding carboxylic acids is 1. The summed E-state index contributed by atoms with van der Waals surface area (Å²) in [6.07, 6.45) is 7.85. The van der Waals surface area contributed by atoms with E-state index in [0.717, 1.165) is 35.5 Å². The van der Waals surface area contributed by atoms with Crippen LogP contribution in [0.15, 0.2) is 73.0 Å². The van der Waals surface area contributed by atoms with E-state index in [4.69, 9.17) is 9.72 Å². The van der Waals surface area contributed by atoms with Crippen molar-refractivity contribution in [2.24, 2.45) is 5.92 Å². The van der Waals surface area contributed by atoms with Crippen LogP contribution < -0.4 is 15.0 Å². The van der Waals surface area contributed by atoms with Crippen LogP contribution in [0.25, 0.3) is 16.7 Å². The summed E-state index contributed by atoms with van der Waals surface area (Å²) in [6, 6.07) is 13.4. The minimum atomic E-state index is 0.0377. The fraction of sp³-hybridized carbons (Fsp3) is 0.241. The number of ether oxygens (including phenoxy) is 1. The summed E-state index contributed by atoms with van der Waals surface area (Å²) in [5.41, 5.74) is 4.68. The summed E-state index contributed by atoms with van der Waals surface area (Å²) in [5.74, 6) is 2.93. The molecule has 5 aromatic rings. The molecular weight excluding hydrogens is 506 g/mol. The first-order chi connectivity index (χ1) is 19.4. The van der Waals surface area contributed by atoms with Gasteiger partial charge in [-0.3, -0.25) is 9.69 Å². The summed E-state index contributed by atoms with van der Waals surface area (Å²) in [5, 5.41) is 7.49. The van der Waals surface area contributed by atoms with Crippen molar-refractivity contribution in [3.63, 3.8) is 0 Å². The van der Waals surface area contributed by atoms with Gasteiger partial charge >= 0.3 is 0 Å². The third-order valence-corrected chi connectivity index (χ3v) is 7.26. The standard InChI is InChI=1S/C29H27N9O2/c1-17-12-18(4-6-24(17)40-19-8-11-37-26(13-19)31-16-33-37)34-28-27-22(30-15-32-28)5-7-25(35-27)38-23-14-21(23)20(29(38)39)9-10-36(2)3/h4-9,11-13,15-16,21,23H,10,14H2,1-3H3,(H,30,32,34). The van der Waals surface area contributed by atoms with Crippen LogP contribution >= 0.6 is 0 Å². The normalized spacial score (nSPS) is 19.1. The lowest BCUT2D eigenvalue weighted by molar-refractivity contribution is -0.114. The first-order valence-electron chi connectivity index (χ1n) is 13.1. The molecule has 0 radical (unpaired) electrons. The number of rotatable bonds is 7. The molecule has 1 N–H and O–H groups in total. The van der Waals surface area contributed by atoms with Crippen molar-refractivity contribution in [1.82, 2.24) is 34.4 Å². The van der Waals surface area contributed by atoms with Crippen LogP contribution in [0.1, 0.15) is 12.0 Å². The highest BCUT2D eigenvalue weighted by atomic mass is 16.5. The molecule has 0 spiro atoms. The van der Waals surface area contributed by atoms with E-state index in [-0.39, 0.29) is 17.9 Å². The number of carbonyl (C=O) groups is 1. The van der Waals surface area contributed by atoms with Gasteiger partial charge in [0.05, 0.1) is 5.52 Å². The molecule has 2 aliphatic rings. The molecule has 11 nitrogen and oxygen atoms in total. The Bertz CT molecular complexity index is 1810. The van der Waals surface area contributed by atoms with Crippen LogP contribution in [0.3, 0.4) is 0 Å². The minimum absolute atomic E-state index is 0.0377. The van der Waals surface area contributed by atoms with Gasteiger partial charge in [0, 0.05) is 42.0 Å². The quantitative estimate of drug-likeness (QED) is 0.308. The predicted octanol–water partition coefficient (Wildman–Crippen LogP) is 4.13. The van der Waals surface area contributed by atoms with Gasteiger partial charge in [-0.2, -0.15) is 5.10 Å². The van der Waals surface area contributed by atoms with Crippen molar-refractivity contribution in [3.8, 4) is 11.5 Å². The van der Waals surface area contributed by atoms with Gasteiger partial charge in [-0.15, -0.1) is 0 Å². The zero-order valence-corrected chi connectivity index (χ0v) is 22.3. The lowest BCUT2D eigenvalue weighted by atomic mass is 10.1. The minimum Gasteiger partial charge on any atom is -0.457 e. The van der Waals surface area contributed by atoms with Crippen molar-refractivity contribution >= 4 is 39.9 Å². The van der Waals surface area contributed by atoms with E-state index in [1.807, 2.05) is 80.7 Å². The first kappa shape index (κ1) is 24.2. The smallest absolute Gasteiger partial charge is 0.255 e. The van der Waals surface area contributed by atoms with Crippen molar-refractivity contribution in [1.29, 1.82) is 0 Å². The molecule has 0 bridgehead atoms. The molecule has 1 aromatic carbocycles. The van der Waals surface area contributed by atoms with Gasteiger partial charge < -0.3 is 15.0 Å². The second-order valence-electron chi connectivity index (χ2n) is 10.4. The average molecular weight is 534 g/mol. The molecule has 4 aromatic heterocycles. The number of hydrogen-bond acceptors (Lipinski definition) is 9. The number of pyridine rings is 2. The number of likely N-dealkylation sites (N-methyl/N-ethyl adjacent to an activating group) is 1.